The van der Waals surface area contributed by atoms with E-state index in [1.807, 2.05) is 13.8 Å². The third kappa shape index (κ3) is 3.30. The molecule has 0 radical (unpaired) electrons. The van der Waals surface area contributed by atoms with Crippen LogP contribution in [0.5, 0.6) is 5.75 Å². The quantitative estimate of drug-likeness (QED) is 0.561. The van der Waals surface area contributed by atoms with Gasteiger partial charge in [-0.25, -0.2) is 4.39 Å². The third-order valence-corrected chi connectivity index (χ3v) is 7.44. The number of halogens is 1. The molecular weight excluding hydrogens is 403 g/mol. The van der Waals surface area contributed by atoms with Crippen LogP contribution >= 0.6 is 0 Å². The largest absolute Gasteiger partial charge is 0.508 e. The Bertz CT molecular complexity index is 1140. The minimum absolute atomic E-state index is 0.0126. The van der Waals surface area contributed by atoms with Gasteiger partial charge < -0.3 is 10.2 Å². The minimum atomic E-state index is -0.678. The van der Waals surface area contributed by atoms with E-state index in [0.717, 1.165) is 53.6 Å². The topological polar surface area (TPSA) is 65.2 Å². The van der Waals surface area contributed by atoms with Crippen LogP contribution in [0.3, 0.4) is 0 Å². The monoisotopic (exact) mass is 432 g/mol. The zero-order valence-corrected chi connectivity index (χ0v) is 18.8. The molecule has 5 heteroatoms. The molecule has 5 rings (SSSR count). The van der Waals surface area contributed by atoms with E-state index in [1.54, 1.807) is 24.3 Å². The van der Waals surface area contributed by atoms with Gasteiger partial charge in [-0.3, -0.25) is 0 Å². The van der Waals surface area contributed by atoms with Crippen molar-refractivity contribution in [1.29, 1.82) is 0 Å². The molecule has 1 aliphatic heterocycles. The number of hydrogen-bond acceptors (Lipinski definition) is 4. The van der Waals surface area contributed by atoms with Gasteiger partial charge in [0.25, 0.3) is 0 Å². The van der Waals surface area contributed by atoms with E-state index in [1.165, 1.54) is 28.9 Å². The number of benzene rings is 2. The third-order valence-electron chi connectivity index (χ3n) is 7.44. The summed E-state index contributed by atoms with van der Waals surface area (Å²) in [6.45, 7) is 6.03. The summed E-state index contributed by atoms with van der Waals surface area (Å²) in [6.07, 6.45) is 3.47. The molecule has 4 atom stereocenters. The molecule has 0 bridgehead atoms. The van der Waals surface area contributed by atoms with E-state index in [4.69, 9.17) is 0 Å². The highest BCUT2D eigenvalue weighted by molar-refractivity contribution is 5.54. The Hall–Kier alpha value is -2.79. The molecule has 2 aromatic rings. The molecule has 1 heterocycles. The fourth-order valence-electron chi connectivity index (χ4n) is 6.04. The smallest absolute Gasteiger partial charge is 0.123 e. The van der Waals surface area contributed by atoms with Gasteiger partial charge in [-0.15, -0.1) is 0 Å². The van der Waals surface area contributed by atoms with Crippen LogP contribution < -0.4 is 0 Å². The first-order valence-corrected chi connectivity index (χ1v) is 11.5. The molecule has 32 heavy (non-hydrogen) atoms. The molecule has 3 unspecified atom stereocenters. The molecule has 0 saturated carbocycles. The van der Waals surface area contributed by atoms with E-state index >= 15 is 0 Å². The number of aryl methyl sites for hydroxylation is 2. The lowest BCUT2D eigenvalue weighted by molar-refractivity contribution is 0.0984. The van der Waals surface area contributed by atoms with Gasteiger partial charge in [0.2, 0.25) is 0 Å². The van der Waals surface area contributed by atoms with E-state index < -0.39 is 6.10 Å². The molecule has 2 aliphatic carbocycles. The fourth-order valence-corrected chi connectivity index (χ4v) is 6.04. The Morgan fingerprint density at radius 3 is 2.38 bits per heavy atom. The molecule has 0 saturated heterocycles. The number of phenols is 1. The van der Waals surface area contributed by atoms with Gasteiger partial charge in [0, 0.05) is 17.4 Å². The van der Waals surface area contributed by atoms with Crippen molar-refractivity contribution in [1.82, 2.24) is 0 Å². The number of hydrogen-bond donors (Lipinski definition) is 2. The summed E-state index contributed by atoms with van der Waals surface area (Å²) < 4.78 is 13.5. The van der Waals surface area contributed by atoms with Crippen molar-refractivity contribution in [3.63, 3.8) is 0 Å². The number of aromatic hydroxyl groups is 1. The Morgan fingerprint density at radius 1 is 1.03 bits per heavy atom. The van der Waals surface area contributed by atoms with Gasteiger partial charge in [-0.1, -0.05) is 24.6 Å². The Labute approximate surface area is 188 Å². The molecule has 4 nitrogen and oxygen atoms in total. The molecule has 3 aliphatic rings. The minimum Gasteiger partial charge on any atom is -0.508 e. The number of nitrogens with zero attached hydrogens (tertiary/aromatic N) is 2. The molecule has 166 valence electrons. The highest BCUT2D eigenvalue weighted by Crippen LogP contribution is 2.55. The number of rotatable bonds is 3. The van der Waals surface area contributed by atoms with Gasteiger partial charge in [0.15, 0.2) is 0 Å². The van der Waals surface area contributed by atoms with Gasteiger partial charge in [-0.05, 0) is 91.6 Å². The molecule has 0 aromatic heterocycles. The Kier molecular flexibility index (Phi) is 5.25. The summed E-state index contributed by atoms with van der Waals surface area (Å²) in [4.78, 5) is 0. The van der Waals surface area contributed by atoms with Gasteiger partial charge in [0.1, 0.15) is 17.6 Å². The van der Waals surface area contributed by atoms with Crippen molar-refractivity contribution in [2.24, 2.45) is 22.1 Å². The maximum atomic E-state index is 13.5. The summed E-state index contributed by atoms with van der Waals surface area (Å²) in [5.74, 6) is -0.0900. The summed E-state index contributed by atoms with van der Waals surface area (Å²) in [5.41, 5.74) is 8.39. The van der Waals surface area contributed by atoms with Gasteiger partial charge >= 0.3 is 0 Å². The second-order valence-corrected chi connectivity index (χ2v) is 9.43. The molecule has 0 amide bonds. The van der Waals surface area contributed by atoms with Crippen LogP contribution in [0, 0.1) is 31.5 Å². The maximum absolute atomic E-state index is 13.5. The zero-order chi connectivity index (χ0) is 22.6. The fraction of sp³-hybridized carbons (Fsp3) is 0.407. The summed E-state index contributed by atoms with van der Waals surface area (Å²) in [5, 5.41) is 30.9. The standard InChI is InChI=1S/C27H29FN2O2/c1-14-12-19(31)13-15(2)22(14)27(32)23-16(3)25-24(21-7-5-4-6-20(21)23)26(30-29-25)17-8-10-18(28)11-9-17/h8-13,16,23,26-27,31-32H,4-7H2,1-3H3/t16-,23?,26?,27?/m1/s1. The Morgan fingerprint density at radius 2 is 1.69 bits per heavy atom. The van der Waals surface area contributed by atoms with Crippen molar-refractivity contribution in [2.45, 2.75) is 58.6 Å². The van der Waals surface area contributed by atoms with Gasteiger partial charge in [0.05, 0.1) is 11.8 Å². The number of fused-ring (bicyclic) bond motifs is 1. The van der Waals surface area contributed by atoms with Crippen molar-refractivity contribution >= 4 is 0 Å². The zero-order valence-electron chi connectivity index (χ0n) is 18.8. The van der Waals surface area contributed by atoms with Crippen molar-refractivity contribution in [3.05, 3.63) is 86.9 Å². The Balaban J connectivity index is 1.60. The molecule has 0 fully saturated rings. The number of phenolic OH excluding ortho intramolecular Hbond substituents is 1. The number of allylic oxidation sites excluding steroid dienone is 1. The summed E-state index contributed by atoms with van der Waals surface area (Å²) in [6, 6.07) is 9.80. The first-order chi connectivity index (χ1) is 15.4. The van der Waals surface area contributed by atoms with Crippen molar-refractivity contribution < 1.29 is 14.6 Å². The number of aliphatic hydroxyl groups excluding tert-OH is 1. The summed E-state index contributed by atoms with van der Waals surface area (Å²) in [7, 11) is 0. The van der Waals surface area contributed by atoms with Crippen molar-refractivity contribution in [3.8, 4) is 5.75 Å². The highest BCUT2D eigenvalue weighted by Gasteiger charge is 2.44. The second kappa shape index (κ2) is 7.96. The van der Waals surface area contributed by atoms with Crippen molar-refractivity contribution in [2.75, 3.05) is 0 Å². The maximum Gasteiger partial charge on any atom is 0.123 e. The van der Waals surface area contributed by atoms with Crippen LogP contribution in [-0.2, 0) is 0 Å². The van der Waals surface area contributed by atoms with E-state index in [9.17, 15) is 14.6 Å². The molecule has 2 aromatic carbocycles. The first-order valence-electron chi connectivity index (χ1n) is 11.5. The predicted octanol–water partition coefficient (Wildman–Crippen LogP) is 6.78. The molecule has 0 spiro atoms. The van der Waals surface area contributed by atoms with E-state index in [2.05, 4.69) is 17.2 Å². The predicted molar refractivity (Wildman–Crippen MR) is 122 cm³/mol. The first kappa shape index (κ1) is 21.1. The average Bonchev–Trinajstić information content (AvgIpc) is 3.19. The number of azo groups is 1. The number of aliphatic hydroxyl groups is 1. The van der Waals surface area contributed by atoms with E-state index in [-0.39, 0.29) is 29.4 Å². The highest BCUT2D eigenvalue weighted by atomic mass is 19.1. The summed E-state index contributed by atoms with van der Waals surface area (Å²) >= 11 is 0. The van der Waals surface area contributed by atoms with Crippen LogP contribution in [0.2, 0.25) is 0 Å². The van der Waals surface area contributed by atoms with E-state index in [0.29, 0.717) is 0 Å². The lowest BCUT2D eigenvalue weighted by Gasteiger charge is -2.40. The van der Waals surface area contributed by atoms with Crippen LogP contribution in [0.25, 0.3) is 0 Å². The van der Waals surface area contributed by atoms with Crippen LogP contribution in [-0.4, -0.2) is 10.2 Å². The molecular formula is C27H29FN2O2. The van der Waals surface area contributed by atoms with Crippen LogP contribution in [0.1, 0.15) is 67.0 Å². The molecule has 2 N–H and O–H groups in total. The van der Waals surface area contributed by atoms with Crippen LogP contribution in [0.4, 0.5) is 4.39 Å². The SMILES string of the molecule is Cc1cc(O)cc(C)c1C(O)C1C2=C(CCCC2)C2=C(N=NC2c2ccc(F)cc2)[C@@H]1C. The van der Waals surface area contributed by atoms with Crippen LogP contribution in [0.15, 0.2) is 69.0 Å². The average molecular weight is 433 g/mol. The van der Waals surface area contributed by atoms with Gasteiger partial charge in [-0.2, -0.15) is 10.2 Å². The lowest BCUT2D eigenvalue weighted by Crippen LogP contribution is -2.31. The second-order valence-electron chi connectivity index (χ2n) is 9.43. The lowest BCUT2D eigenvalue weighted by atomic mass is 9.65. The normalized spacial score (nSPS) is 25.7.